The molecule has 1 heterocycles. The fourth-order valence-electron chi connectivity index (χ4n) is 2.38. The Balaban J connectivity index is 1.82. The number of rotatable bonds is 7. The van der Waals surface area contributed by atoms with Gasteiger partial charge in [-0.15, -0.1) is 0 Å². The second kappa shape index (κ2) is 8.28. The van der Waals surface area contributed by atoms with Gasteiger partial charge in [-0.2, -0.15) is 0 Å². The van der Waals surface area contributed by atoms with Gasteiger partial charge in [0, 0.05) is 0 Å². The predicted molar refractivity (Wildman–Crippen MR) is 63.6 cm³/mol. The zero-order valence-electron chi connectivity index (χ0n) is 9.86. The highest BCUT2D eigenvalue weighted by Crippen LogP contribution is 2.19. The Bertz CT molecular complexity index is 116. The first-order valence-corrected chi connectivity index (χ1v) is 6.64. The quantitative estimate of drug-likeness (QED) is 0.613. The third-order valence-electron chi connectivity index (χ3n) is 3.42. The summed E-state index contributed by atoms with van der Waals surface area (Å²) in [6.45, 7) is 4.82. The third-order valence-corrected chi connectivity index (χ3v) is 3.42. The maximum Gasteiger partial charge on any atom is -0.00463 e. The molecule has 0 radical (unpaired) electrons. The summed E-state index contributed by atoms with van der Waals surface area (Å²) in [6, 6.07) is 0. The summed E-state index contributed by atoms with van der Waals surface area (Å²) >= 11 is 0. The van der Waals surface area contributed by atoms with E-state index < -0.39 is 0 Å². The number of hydrogen-bond donors (Lipinski definition) is 1. The highest BCUT2D eigenvalue weighted by Gasteiger charge is 2.11. The zero-order chi connectivity index (χ0) is 10.1. The SMILES string of the molecule is CCCCCCCCC1CCNCC1. The number of hydrogen-bond acceptors (Lipinski definition) is 1. The van der Waals surface area contributed by atoms with Gasteiger partial charge in [0.2, 0.25) is 0 Å². The normalized spacial score (nSPS) is 18.6. The molecule has 1 aliphatic rings. The summed E-state index contributed by atoms with van der Waals surface area (Å²) in [5.41, 5.74) is 0. The van der Waals surface area contributed by atoms with E-state index in [-0.39, 0.29) is 0 Å². The second-order valence-electron chi connectivity index (χ2n) is 4.75. The summed E-state index contributed by atoms with van der Waals surface area (Å²) in [5, 5.41) is 3.43. The molecule has 14 heavy (non-hydrogen) atoms. The molecule has 0 unspecified atom stereocenters. The zero-order valence-corrected chi connectivity index (χ0v) is 9.86. The van der Waals surface area contributed by atoms with Crippen molar-refractivity contribution in [1.29, 1.82) is 0 Å². The van der Waals surface area contributed by atoms with Gasteiger partial charge in [0.25, 0.3) is 0 Å². The smallest absolute Gasteiger partial charge is 0.00463 e. The monoisotopic (exact) mass is 197 g/mol. The number of nitrogens with one attached hydrogen (secondary N) is 1. The molecule has 0 saturated carbocycles. The average Bonchev–Trinajstić information content (AvgIpc) is 2.25. The van der Waals surface area contributed by atoms with Crippen molar-refractivity contribution in [2.75, 3.05) is 13.1 Å². The maximum atomic E-state index is 3.43. The van der Waals surface area contributed by atoms with E-state index in [1.165, 1.54) is 70.9 Å². The average molecular weight is 197 g/mol. The second-order valence-corrected chi connectivity index (χ2v) is 4.75. The molecule has 1 nitrogen and oxygen atoms in total. The highest BCUT2D eigenvalue weighted by atomic mass is 14.9. The van der Waals surface area contributed by atoms with Gasteiger partial charge < -0.3 is 5.32 Å². The Morgan fingerprint density at radius 2 is 1.57 bits per heavy atom. The minimum absolute atomic E-state index is 1.04. The maximum absolute atomic E-state index is 3.43. The van der Waals surface area contributed by atoms with Crippen molar-refractivity contribution >= 4 is 0 Å². The fraction of sp³-hybridized carbons (Fsp3) is 1.00. The molecule has 0 aromatic carbocycles. The van der Waals surface area contributed by atoms with Gasteiger partial charge in [0.15, 0.2) is 0 Å². The largest absolute Gasteiger partial charge is 0.317 e. The van der Waals surface area contributed by atoms with Crippen LogP contribution in [0, 0.1) is 5.92 Å². The summed E-state index contributed by atoms with van der Waals surface area (Å²) in [6.07, 6.45) is 13.0. The molecule has 0 atom stereocenters. The first-order chi connectivity index (χ1) is 6.93. The molecule has 84 valence electrons. The topological polar surface area (TPSA) is 12.0 Å². The van der Waals surface area contributed by atoms with E-state index in [1.54, 1.807) is 0 Å². The molecule has 1 fully saturated rings. The van der Waals surface area contributed by atoms with E-state index in [4.69, 9.17) is 0 Å². The van der Waals surface area contributed by atoms with E-state index >= 15 is 0 Å². The Kier molecular flexibility index (Phi) is 7.12. The molecule has 1 aliphatic heterocycles. The first kappa shape index (κ1) is 12.0. The van der Waals surface area contributed by atoms with Crippen molar-refractivity contribution in [1.82, 2.24) is 5.32 Å². The molecule has 0 spiro atoms. The molecule has 1 rings (SSSR count). The molecule has 0 bridgehead atoms. The van der Waals surface area contributed by atoms with Gasteiger partial charge in [-0.3, -0.25) is 0 Å². The van der Waals surface area contributed by atoms with Gasteiger partial charge in [-0.25, -0.2) is 0 Å². The number of piperidine rings is 1. The Hall–Kier alpha value is -0.0400. The van der Waals surface area contributed by atoms with Gasteiger partial charge in [0.05, 0.1) is 0 Å². The standard InChI is InChI=1S/C13H27N/c1-2-3-4-5-6-7-8-13-9-11-14-12-10-13/h13-14H,2-12H2,1H3. The van der Waals surface area contributed by atoms with E-state index in [0.717, 1.165) is 5.92 Å². The van der Waals surface area contributed by atoms with Crippen LogP contribution < -0.4 is 5.32 Å². The van der Waals surface area contributed by atoms with E-state index in [9.17, 15) is 0 Å². The van der Waals surface area contributed by atoms with Crippen LogP contribution in [0.2, 0.25) is 0 Å². The molecular weight excluding hydrogens is 170 g/mol. The fourth-order valence-corrected chi connectivity index (χ4v) is 2.38. The molecule has 0 aromatic rings. The third kappa shape index (κ3) is 5.64. The minimum Gasteiger partial charge on any atom is -0.317 e. The predicted octanol–water partition coefficient (Wildman–Crippen LogP) is 3.74. The summed E-state index contributed by atoms with van der Waals surface area (Å²) < 4.78 is 0. The lowest BCUT2D eigenvalue weighted by molar-refractivity contribution is 0.342. The van der Waals surface area contributed by atoms with Gasteiger partial charge in [-0.1, -0.05) is 51.9 Å². The lowest BCUT2D eigenvalue weighted by atomic mass is 9.92. The van der Waals surface area contributed by atoms with Crippen molar-refractivity contribution in [3.05, 3.63) is 0 Å². The van der Waals surface area contributed by atoms with Gasteiger partial charge in [0.1, 0.15) is 0 Å². The van der Waals surface area contributed by atoms with Crippen molar-refractivity contribution in [2.45, 2.75) is 64.7 Å². The van der Waals surface area contributed by atoms with E-state index in [0.29, 0.717) is 0 Å². The molecule has 1 heteroatoms. The Morgan fingerprint density at radius 3 is 2.29 bits per heavy atom. The van der Waals surface area contributed by atoms with Crippen molar-refractivity contribution in [3.63, 3.8) is 0 Å². The van der Waals surface area contributed by atoms with E-state index in [2.05, 4.69) is 12.2 Å². The van der Waals surface area contributed by atoms with Crippen LogP contribution in [0.1, 0.15) is 64.7 Å². The van der Waals surface area contributed by atoms with Crippen LogP contribution in [0.15, 0.2) is 0 Å². The molecular formula is C13H27N. The summed E-state index contributed by atoms with van der Waals surface area (Å²) in [4.78, 5) is 0. The molecule has 0 amide bonds. The molecule has 0 aliphatic carbocycles. The van der Waals surface area contributed by atoms with Crippen LogP contribution in [-0.4, -0.2) is 13.1 Å². The van der Waals surface area contributed by atoms with Crippen LogP contribution in [0.5, 0.6) is 0 Å². The van der Waals surface area contributed by atoms with Gasteiger partial charge >= 0.3 is 0 Å². The highest BCUT2D eigenvalue weighted by molar-refractivity contribution is 4.68. The van der Waals surface area contributed by atoms with Crippen molar-refractivity contribution in [2.24, 2.45) is 5.92 Å². The van der Waals surface area contributed by atoms with Crippen LogP contribution in [0.25, 0.3) is 0 Å². The van der Waals surface area contributed by atoms with Gasteiger partial charge in [-0.05, 0) is 31.8 Å². The van der Waals surface area contributed by atoms with Crippen molar-refractivity contribution < 1.29 is 0 Å². The molecule has 1 saturated heterocycles. The summed E-state index contributed by atoms with van der Waals surface area (Å²) in [7, 11) is 0. The minimum atomic E-state index is 1.04. The van der Waals surface area contributed by atoms with Crippen LogP contribution in [-0.2, 0) is 0 Å². The van der Waals surface area contributed by atoms with Crippen LogP contribution in [0.4, 0.5) is 0 Å². The van der Waals surface area contributed by atoms with Crippen LogP contribution in [0.3, 0.4) is 0 Å². The lowest BCUT2D eigenvalue weighted by Crippen LogP contribution is -2.27. The molecule has 1 N–H and O–H groups in total. The van der Waals surface area contributed by atoms with E-state index in [1.807, 2.05) is 0 Å². The first-order valence-electron chi connectivity index (χ1n) is 6.64. The lowest BCUT2D eigenvalue weighted by Gasteiger charge is -2.22. The summed E-state index contributed by atoms with van der Waals surface area (Å²) in [5.74, 6) is 1.04. The van der Waals surface area contributed by atoms with Crippen molar-refractivity contribution in [3.8, 4) is 0 Å². The number of unbranched alkanes of at least 4 members (excludes halogenated alkanes) is 5. The Labute approximate surface area is 89.7 Å². The van der Waals surface area contributed by atoms with Crippen LogP contribution >= 0.6 is 0 Å². The Morgan fingerprint density at radius 1 is 0.929 bits per heavy atom. The molecule has 0 aromatic heterocycles.